The SMILES string of the molecule is CC/C(NC1CC1)=C(/C=[N-])C=O. The fraction of sp³-hybridized carbons (Fsp3) is 0.556. The molecule has 3 heteroatoms. The molecule has 0 spiro atoms. The highest BCUT2D eigenvalue weighted by Gasteiger charge is 2.21. The average molecular weight is 165 g/mol. The van der Waals surface area contributed by atoms with E-state index in [1.54, 1.807) is 0 Å². The minimum absolute atomic E-state index is 0.365. The summed E-state index contributed by atoms with van der Waals surface area (Å²) in [6.45, 7) is 1.96. The van der Waals surface area contributed by atoms with Crippen LogP contribution in [-0.2, 0) is 4.79 Å². The van der Waals surface area contributed by atoms with Gasteiger partial charge in [0, 0.05) is 17.3 Å². The molecule has 0 unspecified atom stereocenters. The van der Waals surface area contributed by atoms with E-state index in [0.717, 1.165) is 18.3 Å². The van der Waals surface area contributed by atoms with Crippen molar-refractivity contribution in [3.8, 4) is 0 Å². The maximum absolute atomic E-state index is 10.4. The number of rotatable bonds is 5. The molecule has 0 aliphatic heterocycles. The first kappa shape index (κ1) is 8.97. The Kier molecular flexibility index (Phi) is 3.02. The van der Waals surface area contributed by atoms with Crippen LogP contribution in [0.25, 0.3) is 5.41 Å². The first-order chi connectivity index (χ1) is 5.81. The molecular weight excluding hydrogens is 152 g/mol. The van der Waals surface area contributed by atoms with E-state index < -0.39 is 0 Å². The summed E-state index contributed by atoms with van der Waals surface area (Å²) < 4.78 is 0. The highest BCUT2D eigenvalue weighted by Crippen LogP contribution is 2.21. The van der Waals surface area contributed by atoms with E-state index in [2.05, 4.69) is 5.32 Å². The minimum atomic E-state index is 0.365. The van der Waals surface area contributed by atoms with Crippen LogP contribution in [0.15, 0.2) is 11.3 Å². The first-order valence-corrected chi connectivity index (χ1v) is 4.24. The van der Waals surface area contributed by atoms with Crippen molar-refractivity contribution in [1.29, 1.82) is 0 Å². The first-order valence-electron chi connectivity index (χ1n) is 4.24. The average Bonchev–Trinajstić information content (AvgIpc) is 2.88. The molecule has 1 fully saturated rings. The van der Waals surface area contributed by atoms with Crippen LogP contribution in [0.1, 0.15) is 26.2 Å². The highest BCUT2D eigenvalue weighted by atomic mass is 16.1. The summed E-state index contributed by atoms with van der Waals surface area (Å²) in [5.74, 6) is 0. The van der Waals surface area contributed by atoms with Gasteiger partial charge in [0.1, 0.15) is 6.29 Å². The third-order valence-electron chi connectivity index (χ3n) is 1.92. The summed E-state index contributed by atoms with van der Waals surface area (Å²) in [5.41, 5.74) is 1.21. The molecule has 1 saturated carbocycles. The quantitative estimate of drug-likeness (QED) is 0.378. The monoisotopic (exact) mass is 165 g/mol. The summed E-state index contributed by atoms with van der Waals surface area (Å²) in [7, 11) is 0. The lowest BCUT2D eigenvalue weighted by Gasteiger charge is -2.10. The Morgan fingerprint density at radius 1 is 1.67 bits per heavy atom. The van der Waals surface area contributed by atoms with Crippen LogP contribution in [0.4, 0.5) is 0 Å². The zero-order valence-corrected chi connectivity index (χ0v) is 7.21. The maximum atomic E-state index is 10.4. The molecule has 1 aliphatic carbocycles. The van der Waals surface area contributed by atoms with Gasteiger partial charge in [0.2, 0.25) is 0 Å². The van der Waals surface area contributed by atoms with Crippen molar-refractivity contribution in [2.24, 2.45) is 0 Å². The van der Waals surface area contributed by atoms with Crippen molar-refractivity contribution >= 4 is 12.5 Å². The Labute approximate surface area is 72.4 Å². The maximum Gasteiger partial charge on any atom is 0.149 e. The molecule has 0 radical (unpaired) electrons. The van der Waals surface area contributed by atoms with E-state index in [1.807, 2.05) is 6.92 Å². The van der Waals surface area contributed by atoms with Crippen molar-refractivity contribution in [3.05, 3.63) is 16.7 Å². The second kappa shape index (κ2) is 4.04. The number of carbonyl (C=O) groups excluding carboxylic acids is 1. The molecule has 0 saturated heterocycles. The predicted molar refractivity (Wildman–Crippen MR) is 49.0 cm³/mol. The molecule has 12 heavy (non-hydrogen) atoms. The number of allylic oxidation sites excluding steroid dienone is 2. The van der Waals surface area contributed by atoms with E-state index in [9.17, 15) is 4.79 Å². The summed E-state index contributed by atoms with van der Waals surface area (Å²) in [4.78, 5) is 10.4. The molecule has 1 rings (SSSR count). The largest absolute Gasteiger partial charge is 0.810 e. The second-order valence-electron chi connectivity index (χ2n) is 2.95. The van der Waals surface area contributed by atoms with Gasteiger partial charge in [-0.2, -0.15) is 6.21 Å². The molecular formula is C9H13N2O-. The zero-order valence-electron chi connectivity index (χ0n) is 7.21. The predicted octanol–water partition coefficient (Wildman–Crippen LogP) is 1.24. The molecule has 0 amide bonds. The fourth-order valence-electron chi connectivity index (χ4n) is 1.04. The molecule has 0 aromatic rings. The minimum Gasteiger partial charge on any atom is -0.810 e. The van der Waals surface area contributed by atoms with Gasteiger partial charge in [0.25, 0.3) is 0 Å². The van der Waals surface area contributed by atoms with E-state index in [1.165, 1.54) is 12.8 Å². The zero-order chi connectivity index (χ0) is 8.97. The van der Waals surface area contributed by atoms with Crippen LogP contribution >= 0.6 is 0 Å². The number of hydrogen-bond donors (Lipinski definition) is 1. The molecule has 0 heterocycles. The van der Waals surface area contributed by atoms with Gasteiger partial charge in [0.15, 0.2) is 0 Å². The van der Waals surface area contributed by atoms with Gasteiger partial charge in [0.05, 0.1) is 0 Å². The van der Waals surface area contributed by atoms with Gasteiger partial charge < -0.3 is 10.7 Å². The summed E-state index contributed by atoms with van der Waals surface area (Å²) in [6, 6.07) is 0.523. The second-order valence-corrected chi connectivity index (χ2v) is 2.95. The van der Waals surface area contributed by atoms with Gasteiger partial charge in [-0.25, -0.2) is 0 Å². The Balaban J connectivity index is 2.65. The van der Waals surface area contributed by atoms with Crippen LogP contribution in [-0.4, -0.2) is 18.5 Å². The molecule has 0 atom stereocenters. The Hall–Kier alpha value is -1.12. The molecule has 0 aromatic carbocycles. The molecule has 0 bridgehead atoms. The van der Waals surface area contributed by atoms with Gasteiger partial charge in [-0.15, -0.1) is 0 Å². The number of hydrogen-bond acceptors (Lipinski definition) is 2. The van der Waals surface area contributed by atoms with Crippen LogP contribution in [0.2, 0.25) is 0 Å². The van der Waals surface area contributed by atoms with Crippen LogP contribution in [0, 0.1) is 0 Å². The standard InChI is InChI=1S/C9H13N2O/c1-2-9(7(5-10)6-12)11-8-3-4-8/h5-6,8,11H,2-4H2,1H3/q-1/b9-7+. The van der Waals surface area contributed by atoms with Crippen LogP contribution < -0.4 is 5.32 Å². The van der Waals surface area contributed by atoms with Crippen molar-refractivity contribution in [3.63, 3.8) is 0 Å². The lowest BCUT2D eigenvalue weighted by Crippen LogP contribution is -2.17. The van der Waals surface area contributed by atoms with Crippen molar-refractivity contribution in [2.45, 2.75) is 32.2 Å². The highest BCUT2D eigenvalue weighted by molar-refractivity contribution is 6.03. The van der Waals surface area contributed by atoms with Crippen molar-refractivity contribution < 1.29 is 4.79 Å². The molecule has 1 aliphatic rings. The number of nitrogens with zero attached hydrogens (tertiary/aromatic N) is 1. The smallest absolute Gasteiger partial charge is 0.149 e. The Bertz CT molecular complexity index is 207. The summed E-state index contributed by atoms with van der Waals surface area (Å²) >= 11 is 0. The van der Waals surface area contributed by atoms with Gasteiger partial charge >= 0.3 is 0 Å². The molecule has 66 valence electrons. The third kappa shape index (κ3) is 2.19. The molecule has 3 nitrogen and oxygen atoms in total. The van der Waals surface area contributed by atoms with Crippen molar-refractivity contribution in [1.82, 2.24) is 5.32 Å². The van der Waals surface area contributed by atoms with Crippen LogP contribution in [0.5, 0.6) is 0 Å². The van der Waals surface area contributed by atoms with Gasteiger partial charge in [-0.1, -0.05) is 6.92 Å². The summed E-state index contributed by atoms with van der Waals surface area (Å²) in [5, 5.41) is 11.9. The lowest BCUT2D eigenvalue weighted by molar-refractivity contribution is -0.104. The van der Waals surface area contributed by atoms with E-state index in [0.29, 0.717) is 17.9 Å². The number of aldehydes is 1. The third-order valence-corrected chi connectivity index (χ3v) is 1.92. The topological polar surface area (TPSA) is 51.4 Å². The number of carbonyl (C=O) groups is 1. The van der Waals surface area contributed by atoms with E-state index in [4.69, 9.17) is 5.41 Å². The fourth-order valence-corrected chi connectivity index (χ4v) is 1.04. The van der Waals surface area contributed by atoms with Crippen molar-refractivity contribution in [2.75, 3.05) is 0 Å². The van der Waals surface area contributed by atoms with Gasteiger partial charge in [-0.3, -0.25) is 4.79 Å². The Morgan fingerprint density at radius 3 is 2.67 bits per heavy atom. The lowest BCUT2D eigenvalue weighted by atomic mass is 10.2. The van der Waals surface area contributed by atoms with Gasteiger partial charge in [-0.05, 0) is 19.3 Å². The van der Waals surface area contributed by atoms with E-state index in [-0.39, 0.29) is 0 Å². The van der Waals surface area contributed by atoms with Crippen LogP contribution in [0.3, 0.4) is 0 Å². The van der Waals surface area contributed by atoms with E-state index >= 15 is 0 Å². The number of nitrogens with one attached hydrogen (secondary N) is 1. The summed E-state index contributed by atoms with van der Waals surface area (Å²) in [6.07, 6.45) is 4.62. The molecule has 1 N–H and O–H groups in total. The molecule has 0 aromatic heterocycles. The Morgan fingerprint density at radius 2 is 2.33 bits per heavy atom. The normalized spacial score (nSPS) is 18.1.